The van der Waals surface area contributed by atoms with E-state index in [2.05, 4.69) is 26.5 Å². The summed E-state index contributed by atoms with van der Waals surface area (Å²) in [5.74, 6) is -0.690. The van der Waals surface area contributed by atoms with Crippen molar-refractivity contribution in [3.8, 4) is 5.75 Å². The standard InChI is InChI=1S/C23H20BrCl2N3O4S/c24-18-6-9-21(30)17(12-18)14-27-28-23(31)15-29(11-10-16-4-2-1-3-5-16)34(32,33)22-13-19(25)7-8-20(22)26/h1-9,12-14,30H,10-11,15H2,(H,28,31)/b27-14-. The van der Waals surface area contributed by atoms with Gasteiger partial charge in [-0.05, 0) is 48.4 Å². The predicted molar refractivity (Wildman–Crippen MR) is 137 cm³/mol. The summed E-state index contributed by atoms with van der Waals surface area (Å²) in [5, 5.41) is 13.9. The summed E-state index contributed by atoms with van der Waals surface area (Å²) in [6.07, 6.45) is 1.63. The Morgan fingerprint density at radius 3 is 2.56 bits per heavy atom. The Labute approximate surface area is 216 Å². The number of aromatic hydroxyl groups is 1. The third kappa shape index (κ3) is 7.04. The van der Waals surface area contributed by atoms with Crippen molar-refractivity contribution >= 4 is 61.3 Å². The highest BCUT2D eigenvalue weighted by molar-refractivity contribution is 9.10. The first kappa shape index (κ1) is 26.2. The molecule has 34 heavy (non-hydrogen) atoms. The van der Waals surface area contributed by atoms with Gasteiger partial charge in [-0.2, -0.15) is 9.41 Å². The number of phenolic OH excluding ortho intramolecular Hbond substituents is 1. The Hall–Kier alpha value is -2.43. The van der Waals surface area contributed by atoms with E-state index in [0.29, 0.717) is 12.0 Å². The summed E-state index contributed by atoms with van der Waals surface area (Å²) in [5.41, 5.74) is 3.57. The van der Waals surface area contributed by atoms with E-state index in [0.717, 1.165) is 14.3 Å². The number of nitrogens with one attached hydrogen (secondary N) is 1. The zero-order chi connectivity index (χ0) is 24.7. The van der Waals surface area contributed by atoms with Crippen molar-refractivity contribution in [2.75, 3.05) is 13.1 Å². The molecular weight excluding hydrogens is 565 g/mol. The first-order valence-electron chi connectivity index (χ1n) is 9.96. The monoisotopic (exact) mass is 583 g/mol. The molecule has 0 aliphatic rings. The molecule has 0 bridgehead atoms. The van der Waals surface area contributed by atoms with Gasteiger partial charge in [0.05, 0.1) is 17.8 Å². The third-order valence-electron chi connectivity index (χ3n) is 4.71. The number of hydrogen-bond donors (Lipinski definition) is 2. The molecule has 1 amide bonds. The quantitative estimate of drug-likeness (QED) is 0.277. The average molecular weight is 585 g/mol. The van der Waals surface area contributed by atoms with E-state index in [1.165, 1.54) is 30.5 Å². The predicted octanol–water partition coefficient (Wildman–Crippen LogP) is 4.85. The molecule has 0 aromatic heterocycles. The van der Waals surface area contributed by atoms with E-state index < -0.39 is 22.5 Å². The van der Waals surface area contributed by atoms with Crippen LogP contribution in [-0.4, -0.2) is 43.0 Å². The summed E-state index contributed by atoms with van der Waals surface area (Å²) >= 11 is 15.4. The molecule has 0 aliphatic carbocycles. The van der Waals surface area contributed by atoms with E-state index in [-0.39, 0.29) is 27.2 Å². The Morgan fingerprint density at radius 2 is 1.82 bits per heavy atom. The minimum absolute atomic E-state index is 0.00216. The maximum Gasteiger partial charge on any atom is 0.255 e. The van der Waals surface area contributed by atoms with E-state index >= 15 is 0 Å². The molecule has 0 aliphatic heterocycles. The topological polar surface area (TPSA) is 99.1 Å². The van der Waals surface area contributed by atoms with Crippen LogP contribution in [0.5, 0.6) is 5.75 Å². The lowest BCUT2D eigenvalue weighted by Crippen LogP contribution is -2.40. The summed E-state index contributed by atoms with van der Waals surface area (Å²) < 4.78 is 28.5. The Balaban J connectivity index is 1.80. The average Bonchev–Trinajstić information content (AvgIpc) is 2.81. The van der Waals surface area contributed by atoms with Gasteiger partial charge in [0.2, 0.25) is 10.0 Å². The van der Waals surface area contributed by atoms with Gasteiger partial charge in [0, 0.05) is 21.6 Å². The van der Waals surface area contributed by atoms with Crippen molar-refractivity contribution in [2.45, 2.75) is 11.3 Å². The Bertz CT molecular complexity index is 1300. The lowest BCUT2D eigenvalue weighted by atomic mass is 10.1. The maximum absolute atomic E-state index is 13.4. The van der Waals surface area contributed by atoms with Crippen LogP contribution in [-0.2, 0) is 21.2 Å². The molecule has 3 aromatic rings. The number of halogens is 3. The number of phenols is 1. The largest absolute Gasteiger partial charge is 0.507 e. The second-order valence-corrected chi connectivity index (χ2v) is 10.8. The molecule has 0 fully saturated rings. The van der Waals surface area contributed by atoms with Gasteiger partial charge >= 0.3 is 0 Å². The fourth-order valence-electron chi connectivity index (χ4n) is 2.99. The second kappa shape index (κ2) is 11.8. The number of benzene rings is 3. The van der Waals surface area contributed by atoms with Crippen LogP contribution in [0.2, 0.25) is 10.0 Å². The van der Waals surface area contributed by atoms with Crippen molar-refractivity contribution in [1.82, 2.24) is 9.73 Å². The highest BCUT2D eigenvalue weighted by Gasteiger charge is 2.28. The van der Waals surface area contributed by atoms with Crippen LogP contribution >= 0.6 is 39.1 Å². The SMILES string of the molecule is O=C(CN(CCc1ccccc1)S(=O)(=O)c1cc(Cl)ccc1Cl)N/N=C\c1cc(Br)ccc1O. The minimum Gasteiger partial charge on any atom is -0.507 e. The van der Waals surface area contributed by atoms with E-state index in [9.17, 15) is 18.3 Å². The highest BCUT2D eigenvalue weighted by atomic mass is 79.9. The molecule has 0 heterocycles. The molecule has 2 N–H and O–H groups in total. The number of hydrazone groups is 1. The molecule has 3 aromatic carbocycles. The molecule has 0 radical (unpaired) electrons. The number of carbonyl (C=O) groups is 1. The van der Waals surface area contributed by atoms with Crippen LogP contribution in [0.1, 0.15) is 11.1 Å². The number of carbonyl (C=O) groups excluding carboxylic acids is 1. The summed E-state index contributed by atoms with van der Waals surface area (Å²) in [6, 6.07) is 18.2. The Kier molecular flexibility index (Phi) is 9.10. The van der Waals surface area contributed by atoms with Gasteiger partial charge in [-0.1, -0.05) is 69.5 Å². The number of hydrogen-bond acceptors (Lipinski definition) is 5. The molecule has 0 saturated carbocycles. The smallest absolute Gasteiger partial charge is 0.255 e. The third-order valence-corrected chi connectivity index (χ3v) is 7.76. The van der Waals surface area contributed by atoms with Crippen LogP contribution < -0.4 is 5.43 Å². The zero-order valence-electron chi connectivity index (χ0n) is 17.7. The van der Waals surface area contributed by atoms with Gasteiger partial charge in [0.25, 0.3) is 5.91 Å². The number of rotatable bonds is 9. The molecule has 3 rings (SSSR count). The van der Waals surface area contributed by atoms with Crippen molar-refractivity contribution in [3.63, 3.8) is 0 Å². The molecule has 178 valence electrons. The fourth-order valence-corrected chi connectivity index (χ4v) is 5.51. The van der Waals surface area contributed by atoms with E-state index in [1.54, 1.807) is 12.1 Å². The second-order valence-electron chi connectivity index (χ2n) is 7.15. The molecule has 0 saturated heterocycles. The number of nitrogens with zero attached hydrogens (tertiary/aromatic N) is 2. The van der Waals surface area contributed by atoms with Crippen molar-refractivity contribution in [3.05, 3.63) is 92.4 Å². The number of sulfonamides is 1. The van der Waals surface area contributed by atoms with Crippen molar-refractivity contribution in [1.29, 1.82) is 0 Å². The molecule has 7 nitrogen and oxygen atoms in total. The van der Waals surface area contributed by atoms with Gasteiger partial charge in [-0.15, -0.1) is 0 Å². The van der Waals surface area contributed by atoms with Gasteiger partial charge in [-0.25, -0.2) is 13.8 Å². The first-order chi connectivity index (χ1) is 16.2. The molecule has 0 spiro atoms. The lowest BCUT2D eigenvalue weighted by molar-refractivity contribution is -0.121. The van der Waals surface area contributed by atoms with Gasteiger partial charge < -0.3 is 5.11 Å². The van der Waals surface area contributed by atoms with Gasteiger partial charge in [-0.3, -0.25) is 4.79 Å². The van der Waals surface area contributed by atoms with E-state index in [1.807, 2.05) is 30.3 Å². The van der Waals surface area contributed by atoms with Crippen LogP contribution in [0.3, 0.4) is 0 Å². The van der Waals surface area contributed by atoms with Crippen molar-refractivity contribution in [2.24, 2.45) is 5.10 Å². The first-order valence-corrected chi connectivity index (χ1v) is 13.0. The van der Waals surface area contributed by atoms with Crippen molar-refractivity contribution < 1.29 is 18.3 Å². The zero-order valence-corrected chi connectivity index (χ0v) is 21.6. The lowest BCUT2D eigenvalue weighted by Gasteiger charge is -2.22. The molecule has 0 unspecified atom stereocenters. The summed E-state index contributed by atoms with van der Waals surface area (Å²) in [6.45, 7) is -0.474. The summed E-state index contributed by atoms with van der Waals surface area (Å²) in [7, 11) is -4.15. The Morgan fingerprint density at radius 1 is 1.09 bits per heavy atom. The highest BCUT2D eigenvalue weighted by Crippen LogP contribution is 2.28. The minimum atomic E-state index is -4.15. The summed E-state index contributed by atoms with van der Waals surface area (Å²) in [4.78, 5) is 12.4. The molecule has 0 atom stereocenters. The normalized spacial score (nSPS) is 11.8. The number of amides is 1. The maximum atomic E-state index is 13.4. The fraction of sp³-hybridized carbons (Fsp3) is 0.130. The van der Waals surface area contributed by atoms with Crippen LogP contribution in [0.15, 0.2) is 81.2 Å². The van der Waals surface area contributed by atoms with Crippen LogP contribution in [0.25, 0.3) is 0 Å². The molecular formula is C23H20BrCl2N3O4S. The van der Waals surface area contributed by atoms with Crippen LogP contribution in [0.4, 0.5) is 0 Å². The van der Waals surface area contributed by atoms with Gasteiger partial charge in [0.15, 0.2) is 0 Å². The van der Waals surface area contributed by atoms with Crippen LogP contribution in [0, 0.1) is 0 Å². The van der Waals surface area contributed by atoms with Gasteiger partial charge in [0.1, 0.15) is 10.6 Å². The van der Waals surface area contributed by atoms with E-state index in [4.69, 9.17) is 23.2 Å². The molecule has 11 heteroatoms.